The van der Waals surface area contributed by atoms with Crippen LogP contribution in [0.3, 0.4) is 0 Å². The molecule has 170 valence electrons. The molecule has 0 atom stereocenters. The van der Waals surface area contributed by atoms with Gasteiger partial charge in [-0.15, -0.1) is 0 Å². The van der Waals surface area contributed by atoms with E-state index in [4.69, 9.17) is 11.6 Å². The Kier molecular flexibility index (Phi) is 5.05. The monoisotopic (exact) mass is 477 g/mol. The van der Waals surface area contributed by atoms with Crippen LogP contribution >= 0.6 is 11.6 Å². The van der Waals surface area contributed by atoms with Crippen LogP contribution in [0, 0.1) is 0 Å². The lowest BCUT2D eigenvalue weighted by Crippen LogP contribution is -2.46. The van der Waals surface area contributed by atoms with E-state index < -0.39 is 14.6 Å². The number of rotatable bonds is 7. The maximum absolute atomic E-state index is 13.2. The number of aryl methyl sites for hydroxylation is 1. The van der Waals surface area contributed by atoms with Crippen molar-refractivity contribution in [1.29, 1.82) is 0 Å². The van der Waals surface area contributed by atoms with Crippen molar-refractivity contribution in [1.82, 2.24) is 25.0 Å². The molecule has 2 amide bonds. The largest absolute Gasteiger partial charge is 0.346 e. The number of amides is 2. The van der Waals surface area contributed by atoms with Gasteiger partial charge in [-0.05, 0) is 43.7 Å². The summed E-state index contributed by atoms with van der Waals surface area (Å²) in [4.78, 5) is 31.6. The maximum Gasteiger partial charge on any atom is 0.272 e. The number of hydrogen-bond donors (Lipinski definition) is 1. The Balaban J connectivity index is 1.31. The number of fused-ring (bicyclic) bond motifs is 1. The number of carbonyl (C=O) groups excluding carboxylic acids is 2. The highest BCUT2D eigenvalue weighted by molar-refractivity contribution is 7.94. The Labute approximate surface area is 191 Å². The molecule has 0 spiro atoms. The zero-order valence-corrected chi connectivity index (χ0v) is 19.2. The lowest BCUT2D eigenvalue weighted by molar-refractivity contribution is 0.0724. The van der Waals surface area contributed by atoms with E-state index in [2.05, 4.69) is 15.4 Å². The van der Waals surface area contributed by atoms with Crippen molar-refractivity contribution in [2.24, 2.45) is 7.05 Å². The molecule has 5 rings (SSSR count). The third-order valence-electron chi connectivity index (χ3n) is 6.58. The predicted octanol–water partition coefficient (Wildman–Crippen LogP) is 1.51. The fourth-order valence-corrected chi connectivity index (χ4v) is 7.01. The summed E-state index contributed by atoms with van der Waals surface area (Å²) < 4.78 is 26.3. The molecule has 0 radical (unpaired) electrons. The first kappa shape index (κ1) is 21.4. The number of sulfone groups is 1. The minimum atomic E-state index is -3.20. The molecule has 2 saturated carbocycles. The molecule has 0 aromatic carbocycles. The molecule has 0 saturated heterocycles. The Morgan fingerprint density at radius 2 is 2.06 bits per heavy atom. The van der Waals surface area contributed by atoms with Crippen molar-refractivity contribution >= 4 is 33.3 Å². The van der Waals surface area contributed by atoms with Gasteiger partial charge in [-0.1, -0.05) is 17.7 Å². The molecule has 3 heterocycles. The van der Waals surface area contributed by atoms with E-state index in [0.717, 1.165) is 18.4 Å². The molecule has 2 aliphatic carbocycles. The van der Waals surface area contributed by atoms with E-state index >= 15 is 0 Å². The first-order valence-corrected chi connectivity index (χ1v) is 12.6. The summed E-state index contributed by atoms with van der Waals surface area (Å²) >= 11 is 5.78. The molecule has 1 N–H and O–H groups in total. The van der Waals surface area contributed by atoms with Crippen molar-refractivity contribution in [2.45, 2.75) is 48.6 Å². The normalized spacial score (nSPS) is 19.6. The molecule has 11 heteroatoms. The van der Waals surface area contributed by atoms with E-state index in [0.29, 0.717) is 42.2 Å². The molecule has 2 aromatic rings. The van der Waals surface area contributed by atoms with E-state index in [1.807, 2.05) is 0 Å². The number of nitrogens with one attached hydrogen (secondary N) is 1. The molecule has 3 aliphatic rings. The number of pyridine rings is 1. The van der Waals surface area contributed by atoms with Gasteiger partial charge in [0.1, 0.15) is 10.8 Å². The van der Waals surface area contributed by atoms with E-state index in [-0.39, 0.29) is 35.8 Å². The van der Waals surface area contributed by atoms with Crippen LogP contribution in [0.1, 0.15) is 57.8 Å². The third kappa shape index (κ3) is 3.59. The van der Waals surface area contributed by atoms with Gasteiger partial charge >= 0.3 is 0 Å². The van der Waals surface area contributed by atoms with Gasteiger partial charge in [-0.2, -0.15) is 5.10 Å². The van der Waals surface area contributed by atoms with Crippen LogP contribution in [0.2, 0.25) is 5.15 Å². The SMILES string of the molecule is Cn1nc(C(=O)NCc2ccc(Cl)nc2)c2c1C(=O)N(CC1(S(=O)(=O)C3CC3)CC1)CC2. The predicted molar refractivity (Wildman–Crippen MR) is 117 cm³/mol. The van der Waals surface area contributed by atoms with E-state index in [1.165, 1.54) is 4.68 Å². The second kappa shape index (κ2) is 7.55. The zero-order valence-electron chi connectivity index (χ0n) is 17.7. The topological polar surface area (TPSA) is 114 Å². The van der Waals surface area contributed by atoms with Crippen molar-refractivity contribution in [3.8, 4) is 0 Å². The second-order valence-electron chi connectivity index (χ2n) is 8.88. The molecule has 9 nitrogen and oxygen atoms in total. The molecule has 32 heavy (non-hydrogen) atoms. The lowest BCUT2D eigenvalue weighted by Gasteiger charge is -2.31. The Bertz CT molecular complexity index is 1200. The fourth-order valence-electron chi connectivity index (χ4n) is 4.43. The molecule has 0 unspecified atom stereocenters. The summed E-state index contributed by atoms with van der Waals surface area (Å²) in [5.41, 5.74) is 1.98. The average molecular weight is 478 g/mol. The smallest absolute Gasteiger partial charge is 0.272 e. The number of carbonyl (C=O) groups is 2. The summed E-state index contributed by atoms with van der Waals surface area (Å²) in [6, 6.07) is 3.42. The van der Waals surface area contributed by atoms with Crippen LogP contribution in [0.15, 0.2) is 18.3 Å². The first-order valence-electron chi connectivity index (χ1n) is 10.7. The lowest BCUT2D eigenvalue weighted by atomic mass is 10.0. The summed E-state index contributed by atoms with van der Waals surface area (Å²) in [6.45, 7) is 0.858. The van der Waals surface area contributed by atoms with Crippen LogP contribution in [0.25, 0.3) is 0 Å². The molecular weight excluding hydrogens is 454 g/mol. The highest BCUT2D eigenvalue weighted by atomic mass is 35.5. The van der Waals surface area contributed by atoms with Gasteiger partial charge in [-0.25, -0.2) is 13.4 Å². The van der Waals surface area contributed by atoms with Crippen molar-refractivity contribution in [2.75, 3.05) is 13.1 Å². The zero-order chi connectivity index (χ0) is 22.7. The van der Waals surface area contributed by atoms with Gasteiger partial charge in [0, 0.05) is 38.4 Å². The second-order valence-corrected chi connectivity index (χ2v) is 11.9. The van der Waals surface area contributed by atoms with Gasteiger partial charge in [0.25, 0.3) is 11.8 Å². The van der Waals surface area contributed by atoms with Crippen LogP contribution in [0.4, 0.5) is 0 Å². The minimum Gasteiger partial charge on any atom is -0.346 e. The summed E-state index contributed by atoms with van der Waals surface area (Å²) in [7, 11) is -1.57. The van der Waals surface area contributed by atoms with E-state index in [1.54, 1.807) is 30.3 Å². The van der Waals surface area contributed by atoms with Gasteiger partial charge in [0.2, 0.25) is 0 Å². The Morgan fingerprint density at radius 3 is 2.69 bits per heavy atom. The number of hydrogen-bond acceptors (Lipinski definition) is 6. The highest BCUT2D eigenvalue weighted by Gasteiger charge is 2.60. The standard InChI is InChI=1S/C21H24ClN5O4S/c1-26-18-15(17(25-26)19(28)24-11-13-2-5-16(22)23-10-13)6-9-27(20(18)29)12-21(7-8-21)32(30,31)14-3-4-14/h2,5,10,14H,3-4,6-9,11-12H2,1H3,(H,24,28). The van der Waals surface area contributed by atoms with Crippen LogP contribution < -0.4 is 5.32 Å². The quantitative estimate of drug-likeness (QED) is 0.604. The maximum atomic E-state index is 13.2. The summed E-state index contributed by atoms with van der Waals surface area (Å²) in [5.74, 6) is -0.632. The van der Waals surface area contributed by atoms with Gasteiger partial charge in [0.15, 0.2) is 15.5 Å². The molecular formula is C21H24ClN5O4S. The fraction of sp³-hybridized carbons (Fsp3) is 0.524. The van der Waals surface area contributed by atoms with E-state index in [9.17, 15) is 18.0 Å². The Hall–Kier alpha value is -2.46. The summed E-state index contributed by atoms with van der Waals surface area (Å²) in [5, 5.41) is 7.26. The van der Waals surface area contributed by atoms with Crippen LogP contribution in [-0.2, 0) is 29.9 Å². The van der Waals surface area contributed by atoms with Gasteiger partial charge < -0.3 is 10.2 Å². The molecule has 1 aliphatic heterocycles. The molecule has 0 bridgehead atoms. The molecule has 2 aromatic heterocycles. The number of nitrogens with zero attached hydrogens (tertiary/aromatic N) is 4. The average Bonchev–Trinajstić information content (AvgIpc) is 3.67. The van der Waals surface area contributed by atoms with Gasteiger partial charge in [-0.3, -0.25) is 14.3 Å². The van der Waals surface area contributed by atoms with Crippen LogP contribution in [-0.4, -0.2) is 63.0 Å². The van der Waals surface area contributed by atoms with Crippen molar-refractivity contribution < 1.29 is 18.0 Å². The number of aromatic nitrogens is 3. The minimum absolute atomic E-state index is 0.223. The van der Waals surface area contributed by atoms with Crippen molar-refractivity contribution in [3.05, 3.63) is 46.0 Å². The first-order chi connectivity index (χ1) is 15.2. The van der Waals surface area contributed by atoms with Crippen molar-refractivity contribution in [3.63, 3.8) is 0 Å². The van der Waals surface area contributed by atoms with Crippen LogP contribution in [0.5, 0.6) is 0 Å². The van der Waals surface area contributed by atoms with Gasteiger partial charge in [0.05, 0.1) is 10.00 Å². The third-order valence-corrected chi connectivity index (χ3v) is 9.89. The summed E-state index contributed by atoms with van der Waals surface area (Å²) in [6.07, 6.45) is 4.73. The Morgan fingerprint density at radius 1 is 1.31 bits per heavy atom. The number of halogens is 1. The molecule has 2 fully saturated rings. The highest BCUT2D eigenvalue weighted by Crippen LogP contribution is 2.50.